The van der Waals surface area contributed by atoms with Crippen LogP contribution in [0.15, 0.2) is 77.7 Å². The lowest BCUT2D eigenvalue weighted by Crippen LogP contribution is -2.30. The Hall–Kier alpha value is -3.03. The first-order chi connectivity index (χ1) is 14.8. The number of ether oxygens (including phenoxy) is 1. The van der Waals surface area contributed by atoms with Gasteiger partial charge in [-0.1, -0.05) is 36.4 Å². The zero-order valence-corrected chi connectivity index (χ0v) is 18.2. The van der Waals surface area contributed by atoms with Gasteiger partial charge in [0.15, 0.2) is 0 Å². The highest BCUT2D eigenvalue weighted by molar-refractivity contribution is 7.89. The first kappa shape index (κ1) is 22.7. The molecule has 0 saturated carbocycles. The van der Waals surface area contributed by atoms with E-state index < -0.39 is 21.8 Å². The van der Waals surface area contributed by atoms with Gasteiger partial charge in [-0.15, -0.1) is 0 Å². The van der Waals surface area contributed by atoms with Crippen molar-refractivity contribution in [1.82, 2.24) is 4.31 Å². The summed E-state index contributed by atoms with van der Waals surface area (Å²) in [5, 5.41) is 0. The average Bonchev–Trinajstić information content (AvgIpc) is 2.75. The van der Waals surface area contributed by atoms with Crippen LogP contribution in [0.4, 0.5) is 4.39 Å². The molecule has 31 heavy (non-hydrogen) atoms. The van der Waals surface area contributed by atoms with Crippen molar-refractivity contribution in [2.24, 2.45) is 0 Å². The largest absolute Gasteiger partial charge is 0.462 e. The maximum atomic E-state index is 13.4. The average molecular weight is 442 g/mol. The van der Waals surface area contributed by atoms with Crippen molar-refractivity contribution in [3.63, 3.8) is 0 Å². The fourth-order valence-electron chi connectivity index (χ4n) is 3.12. The van der Waals surface area contributed by atoms with Gasteiger partial charge in [0, 0.05) is 13.1 Å². The standard InChI is InChI=1S/C24H24FNO4S/c1-3-30-24(27)20-10-8-19(9-11-20)16-26(17-21-7-5-4-6-18(21)2)31(28,29)23-14-12-22(25)13-15-23/h4-15H,3,16-17H2,1-2H3. The Kier molecular flexibility index (Phi) is 7.20. The number of esters is 1. The monoisotopic (exact) mass is 441 g/mol. The highest BCUT2D eigenvalue weighted by Crippen LogP contribution is 2.23. The highest BCUT2D eigenvalue weighted by atomic mass is 32.2. The molecule has 0 saturated heterocycles. The van der Waals surface area contributed by atoms with Gasteiger partial charge >= 0.3 is 5.97 Å². The molecule has 0 bridgehead atoms. The Morgan fingerprint density at radius 3 is 2.19 bits per heavy atom. The molecule has 0 aliphatic rings. The summed E-state index contributed by atoms with van der Waals surface area (Å²) in [6.45, 7) is 4.19. The van der Waals surface area contributed by atoms with Crippen LogP contribution in [0.1, 0.15) is 34.0 Å². The Bertz CT molecular complexity index is 1140. The summed E-state index contributed by atoms with van der Waals surface area (Å²) >= 11 is 0. The van der Waals surface area contributed by atoms with Gasteiger partial charge < -0.3 is 4.74 Å². The van der Waals surface area contributed by atoms with Crippen LogP contribution in [0.5, 0.6) is 0 Å². The van der Waals surface area contributed by atoms with E-state index in [0.717, 1.165) is 23.3 Å². The SMILES string of the molecule is CCOC(=O)c1ccc(CN(Cc2ccccc2C)S(=O)(=O)c2ccc(F)cc2)cc1. The lowest BCUT2D eigenvalue weighted by atomic mass is 10.1. The molecule has 7 heteroatoms. The minimum absolute atomic E-state index is 0.0191. The highest BCUT2D eigenvalue weighted by Gasteiger charge is 2.25. The molecule has 0 amide bonds. The fraction of sp³-hybridized carbons (Fsp3) is 0.208. The number of hydrogen-bond donors (Lipinski definition) is 0. The molecule has 0 spiro atoms. The summed E-state index contributed by atoms with van der Waals surface area (Å²) in [7, 11) is -3.89. The molecule has 0 unspecified atom stereocenters. The number of hydrogen-bond acceptors (Lipinski definition) is 4. The van der Waals surface area contributed by atoms with Gasteiger partial charge in [-0.3, -0.25) is 0 Å². The Morgan fingerprint density at radius 1 is 0.935 bits per heavy atom. The third-order valence-electron chi connectivity index (χ3n) is 4.88. The molecule has 0 heterocycles. The van der Waals surface area contributed by atoms with E-state index in [2.05, 4.69) is 0 Å². The summed E-state index contributed by atoms with van der Waals surface area (Å²) in [6.07, 6.45) is 0. The third kappa shape index (κ3) is 5.57. The number of carbonyl (C=O) groups excluding carboxylic acids is 1. The maximum absolute atomic E-state index is 13.4. The Morgan fingerprint density at radius 2 is 1.58 bits per heavy atom. The van der Waals surface area contributed by atoms with E-state index in [1.54, 1.807) is 31.2 Å². The number of nitrogens with zero attached hydrogens (tertiary/aromatic N) is 1. The van der Waals surface area contributed by atoms with Crippen LogP contribution in [0.3, 0.4) is 0 Å². The second-order valence-electron chi connectivity index (χ2n) is 7.07. The molecule has 3 aromatic carbocycles. The summed E-state index contributed by atoms with van der Waals surface area (Å²) in [6, 6.07) is 19.0. The van der Waals surface area contributed by atoms with E-state index >= 15 is 0 Å². The van der Waals surface area contributed by atoms with Crippen LogP contribution in [0.2, 0.25) is 0 Å². The van der Waals surface area contributed by atoms with Crippen molar-refractivity contribution in [2.45, 2.75) is 31.8 Å². The van der Waals surface area contributed by atoms with E-state index in [0.29, 0.717) is 11.1 Å². The predicted octanol–water partition coefficient (Wildman–Crippen LogP) is 4.70. The first-order valence-corrected chi connectivity index (χ1v) is 11.3. The number of benzene rings is 3. The van der Waals surface area contributed by atoms with Crippen molar-refractivity contribution in [3.05, 3.63) is 101 Å². The molecule has 162 valence electrons. The topological polar surface area (TPSA) is 63.7 Å². The second-order valence-corrected chi connectivity index (χ2v) is 9.01. The van der Waals surface area contributed by atoms with E-state index in [-0.39, 0.29) is 24.6 Å². The van der Waals surface area contributed by atoms with Crippen molar-refractivity contribution in [2.75, 3.05) is 6.61 Å². The molecule has 0 radical (unpaired) electrons. The number of aryl methyl sites for hydroxylation is 1. The van der Waals surface area contributed by atoms with E-state index in [9.17, 15) is 17.6 Å². The second kappa shape index (κ2) is 9.85. The molecule has 3 aromatic rings. The van der Waals surface area contributed by atoms with Gasteiger partial charge in [-0.25, -0.2) is 17.6 Å². The lowest BCUT2D eigenvalue weighted by Gasteiger charge is -2.23. The number of carbonyl (C=O) groups is 1. The summed E-state index contributed by atoms with van der Waals surface area (Å²) in [4.78, 5) is 11.9. The van der Waals surface area contributed by atoms with Crippen LogP contribution >= 0.6 is 0 Å². The zero-order valence-electron chi connectivity index (χ0n) is 17.4. The van der Waals surface area contributed by atoms with Crippen LogP contribution < -0.4 is 0 Å². The first-order valence-electron chi connectivity index (χ1n) is 9.87. The molecule has 3 rings (SSSR count). The number of rotatable bonds is 8. The van der Waals surface area contributed by atoms with Gasteiger partial charge in [0.05, 0.1) is 17.1 Å². The lowest BCUT2D eigenvalue weighted by molar-refractivity contribution is 0.0526. The zero-order chi connectivity index (χ0) is 22.4. The molecular formula is C24H24FNO4S. The van der Waals surface area contributed by atoms with Crippen LogP contribution in [-0.4, -0.2) is 25.3 Å². The number of sulfonamides is 1. The van der Waals surface area contributed by atoms with Gasteiger partial charge in [0.25, 0.3) is 0 Å². The molecule has 0 atom stereocenters. The van der Waals surface area contributed by atoms with Crippen LogP contribution in [0.25, 0.3) is 0 Å². The Balaban J connectivity index is 1.93. The molecular weight excluding hydrogens is 417 g/mol. The summed E-state index contributed by atoms with van der Waals surface area (Å²) in [5.74, 6) is -0.927. The maximum Gasteiger partial charge on any atom is 0.338 e. The quantitative estimate of drug-likeness (QED) is 0.475. The van der Waals surface area contributed by atoms with Gasteiger partial charge in [-0.05, 0) is 66.9 Å². The minimum atomic E-state index is -3.89. The van der Waals surface area contributed by atoms with E-state index in [1.165, 1.54) is 16.4 Å². The third-order valence-corrected chi connectivity index (χ3v) is 6.69. The van der Waals surface area contributed by atoms with Crippen LogP contribution in [-0.2, 0) is 27.8 Å². The van der Waals surface area contributed by atoms with Crippen LogP contribution in [0, 0.1) is 12.7 Å². The number of halogens is 1. The fourth-order valence-corrected chi connectivity index (χ4v) is 4.53. The van der Waals surface area contributed by atoms with E-state index in [1.807, 2.05) is 31.2 Å². The van der Waals surface area contributed by atoms with E-state index in [4.69, 9.17) is 4.74 Å². The van der Waals surface area contributed by atoms with Crippen molar-refractivity contribution >= 4 is 16.0 Å². The van der Waals surface area contributed by atoms with Crippen molar-refractivity contribution in [3.8, 4) is 0 Å². The predicted molar refractivity (Wildman–Crippen MR) is 116 cm³/mol. The Labute approximate surface area is 182 Å². The van der Waals surface area contributed by atoms with Gasteiger partial charge in [0.2, 0.25) is 10.0 Å². The van der Waals surface area contributed by atoms with Crippen molar-refractivity contribution in [1.29, 1.82) is 0 Å². The molecule has 0 N–H and O–H groups in total. The summed E-state index contributed by atoms with van der Waals surface area (Å²) < 4.78 is 46.4. The molecule has 0 fully saturated rings. The molecule has 0 aromatic heterocycles. The smallest absolute Gasteiger partial charge is 0.338 e. The minimum Gasteiger partial charge on any atom is -0.462 e. The summed E-state index contributed by atoms with van der Waals surface area (Å²) in [5.41, 5.74) is 2.96. The molecule has 5 nitrogen and oxygen atoms in total. The molecule has 0 aliphatic heterocycles. The van der Waals surface area contributed by atoms with Crippen molar-refractivity contribution < 1.29 is 22.3 Å². The van der Waals surface area contributed by atoms with Gasteiger partial charge in [0.1, 0.15) is 5.82 Å². The van der Waals surface area contributed by atoms with Gasteiger partial charge in [-0.2, -0.15) is 4.31 Å². The molecule has 0 aliphatic carbocycles. The normalized spacial score (nSPS) is 11.5.